The van der Waals surface area contributed by atoms with Gasteiger partial charge in [-0.1, -0.05) is 56.8 Å². The summed E-state index contributed by atoms with van der Waals surface area (Å²) in [5, 5.41) is 1.23. The summed E-state index contributed by atoms with van der Waals surface area (Å²) in [5.74, 6) is 0. The molecule has 0 saturated heterocycles. The first kappa shape index (κ1) is 14.5. The smallest absolute Gasteiger partial charge is 0.0850 e. The molecule has 18 heavy (non-hydrogen) atoms. The fourth-order valence-corrected chi connectivity index (χ4v) is 2.84. The van der Waals surface area contributed by atoms with Crippen LogP contribution in [0.3, 0.4) is 0 Å². The van der Waals surface area contributed by atoms with Crippen LogP contribution in [0.5, 0.6) is 0 Å². The van der Waals surface area contributed by atoms with Gasteiger partial charge in [-0.3, -0.25) is 0 Å². The summed E-state index contributed by atoms with van der Waals surface area (Å²) in [7, 11) is 0. The monoisotopic (exact) mass is 382 g/mol. The molecule has 1 unspecified atom stereocenters. The van der Waals surface area contributed by atoms with Gasteiger partial charge in [0.05, 0.1) is 15.4 Å². The van der Waals surface area contributed by atoms with Crippen LogP contribution < -0.4 is 0 Å². The van der Waals surface area contributed by atoms with Crippen molar-refractivity contribution in [1.29, 1.82) is 0 Å². The Morgan fingerprint density at radius 2 is 1.50 bits per heavy atom. The van der Waals surface area contributed by atoms with Gasteiger partial charge in [-0.15, -0.1) is 11.6 Å². The Labute approximate surface area is 134 Å². The first-order chi connectivity index (χ1) is 8.49. The summed E-state index contributed by atoms with van der Waals surface area (Å²) in [6.07, 6.45) is 0. The number of hydrogen-bond acceptors (Lipinski definition) is 0. The molecule has 0 heterocycles. The molecule has 0 bridgehead atoms. The molecule has 0 spiro atoms. The van der Waals surface area contributed by atoms with Gasteiger partial charge in [-0.05, 0) is 41.5 Å². The van der Waals surface area contributed by atoms with Gasteiger partial charge in [0.25, 0.3) is 0 Å². The molecule has 0 radical (unpaired) electrons. The van der Waals surface area contributed by atoms with Gasteiger partial charge >= 0.3 is 0 Å². The van der Waals surface area contributed by atoms with E-state index < -0.39 is 0 Å². The predicted molar refractivity (Wildman–Crippen MR) is 83.3 cm³/mol. The molecule has 0 aliphatic carbocycles. The zero-order valence-electron chi connectivity index (χ0n) is 8.93. The lowest BCUT2D eigenvalue weighted by molar-refractivity contribution is 1.14. The second-order valence-electron chi connectivity index (χ2n) is 3.70. The third kappa shape index (κ3) is 3.15. The Hall–Kier alpha value is 0.0800. The molecular weight excluding hydrogens is 378 g/mol. The summed E-state index contributed by atoms with van der Waals surface area (Å²) in [6, 6.07) is 10.9. The summed E-state index contributed by atoms with van der Waals surface area (Å²) in [6.45, 7) is 0. The van der Waals surface area contributed by atoms with Crippen molar-refractivity contribution in [2.45, 2.75) is 5.38 Å². The minimum absolute atomic E-state index is 0.371. The van der Waals surface area contributed by atoms with E-state index >= 15 is 0 Å². The minimum atomic E-state index is -0.371. The van der Waals surface area contributed by atoms with Gasteiger partial charge in [0.15, 0.2) is 0 Å². The van der Waals surface area contributed by atoms with Gasteiger partial charge < -0.3 is 0 Å². The summed E-state index contributed by atoms with van der Waals surface area (Å²) < 4.78 is 0.924. The van der Waals surface area contributed by atoms with Crippen molar-refractivity contribution < 1.29 is 0 Å². The maximum absolute atomic E-state index is 6.43. The lowest BCUT2D eigenvalue weighted by atomic mass is 10.0. The standard InChI is InChI=1S/C13H7BrCl4/c14-8-2-4-10(15)9(6-8)13(18)7-1-3-11(16)12(17)5-7/h1-6,13H. The average molecular weight is 385 g/mol. The van der Waals surface area contributed by atoms with Crippen LogP contribution >= 0.6 is 62.3 Å². The van der Waals surface area contributed by atoms with Crippen LogP contribution in [-0.2, 0) is 0 Å². The third-order valence-electron chi connectivity index (χ3n) is 2.47. The van der Waals surface area contributed by atoms with E-state index in [9.17, 15) is 0 Å². The van der Waals surface area contributed by atoms with E-state index in [1.807, 2.05) is 18.2 Å². The third-order valence-corrected chi connectivity index (χ3v) is 4.53. The number of rotatable bonds is 2. The first-order valence-corrected chi connectivity index (χ1v) is 7.39. The van der Waals surface area contributed by atoms with Gasteiger partial charge in [0.1, 0.15) is 0 Å². The molecule has 0 aliphatic heterocycles. The van der Waals surface area contributed by atoms with E-state index in [2.05, 4.69) is 15.9 Å². The Kier molecular flexibility index (Phi) is 4.85. The van der Waals surface area contributed by atoms with E-state index in [-0.39, 0.29) is 5.38 Å². The molecule has 5 heteroatoms. The highest BCUT2D eigenvalue weighted by molar-refractivity contribution is 9.10. The molecular formula is C13H7BrCl4. The Morgan fingerprint density at radius 1 is 0.833 bits per heavy atom. The molecule has 0 aliphatic rings. The molecule has 2 rings (SSSR count). The molecule has 1 atom stereocenters. The van der Waals surface area contributed by atoms with E-state index in [0.29, 0.717) is 15.1 Å². The second-order valence-corrected chi connectivity index (χ2v) is 6.28. The van der Waals surface area contributed by atoms with Gasteiger partial charge in [0.2, 0.25) is 0 Å². The predicted octanol–water partition coefficient (Wildman–Crippen LogP) is 6.74. The Balaban J connectivity index is 2.44. The zero-order chi connectivity index (χ0) is 13.3. The van der Waals surface area contributed by atoms with Crippen LogP contribution in [0, 0.1) is 0 Å². The van der Waals surface area contributed by atoms with Crippen LogP contribution in [0.2, 0.25) is 15.1 Å². The molecule has 0 aromatic heterocycles. The zero-order valence-corrected chi connectivity index (χ0v) is 13.5. The lowest BCUT2D eigenvalue weighted by Gasteiger charge is -2.13. The van der Waals surface area contributed by atoms with Crippen LogP contribution in [0.4, 0.5) is 0 Å². The fraction of sp³-hybridized carbons (Fsp3) is 0.0769. The molecule has 0 N–H and O–H groups in total. The molecule has 2 aromatic rings. The lowest BCUT2D eigenvalue weighted by Crippen LogP contribution is -1.94. The summed E-state index contributed by atoms with van der Waals surface area (Å²) in [4.78, 5) is 0. The van der Waals surface area contributed by atoms with Gasteiger partial charge in [-0.25, -0.2) is 0 Å². The number of halogens is 5. The molecule has 2 aromatic carbocycles. The fourth-order valence-electron chi connectivity index (χ4n) is 1.56. The molecule has 0 saturated carbocycles. The SMILES string of the molecule is Clc1ccc(C(Cl)c2cc(Br)ccc2Cl)cc1Cl. The molecule has 94 valence electrons. The van der Waals surface area contributed by atoms with Crippen LogP contribution in [0.25, 0.3) is 0 Å². The van der Waals surface area contributed by atoms with Crippen molar-refractivity contribution in [2.75, 3.05) is 0 Å². The van der Waals surface area contributed by atoms with E-state index in [4.69, 9.17) is 46.4 Å². The largest absolute Gasteiger partial charge is 0.113 e. The second kappa shape index (κ2) is 6.02. The van der Waals surface area contributed by atoms with Crippen molar-refractivity contribution in [1.82, 2.24) is 0 Å². The number of benzene rings is 2. The van der Waals surface area contributed by atoms with E-state index in [1.165, 1.54) is 0 Å². The maximum Gasteiger partial charge on any atom is 0.0850 e. The van der Waals surface area contributed by atoms with Gasteiger partial charge in [-0.2, -0.15) is 0 Å². The topological polar surface area (TPSA) is 0 Å². The summed E-state index contributed by atoms with van der Waals surface area (Å²) in [5.41, 5.74) is 1.68. The van der Waals surface area contributed by atoms with Crippen molar-refractivity contribution in [2.24, 2.45) is 0 Å². The minimum Gasteiger partial charge on any atom is -0.113 e. The van der Waals surface area contributed by atoms with E-state index in [1.54, 1.807) is 18.2 Å². The van der Waals surface area contributed by atoms with Crippen molar-refractivity contribution in [3.8, 4) is 0 Å². The first-order valence-electron chi connectivity index (χ1n) is 5.03. The van der Waals surface area contributed by atoms with Crippen molar-refractivity contribution in [3.05, 3.63) is 67.1 Å². The van der Waals surface area contributed by atoms with Crippen LogP contribution in [-0.4, -0.2) is 0 Å². The quantitative estimate of drug-likeness (QED) is 0.503. The van der Waals surface area contributed by atoms with Gasteiger partial charge in [0, 0.05) is 9.50 Å². The highest BCUT2D eigenvalue weighted by Gasteiger charge is 2.15. The van der Waals surface area contributed by atoms with Crippen molar-refractivity contribution >= 4 is 62.3 Å². The number of alkyl halides is 1. The molecule has 0 fully saturated rings. The highest BCUT2D eigenvalue weighted by atomic mass is 79.9. The van der Waals surface area contributed by atoms with Crippen LogP contribution in [0.1, 0.15) is 16.5 Å². The van der Waals surface area contributed by atoms with E-state index in [0.717, 1.165) is 15.6 Å². The Bertz CT molecular complexity index is 583. The molecule has 0 nitrogen and oxygen atoms in total. The average Bonchev–Trinajstić information content (AvgIpc) is 2.35. The molecule has 0 amide bonds. The van der Waals surface area contributed by atoms with Crippen LogP contribution in [0.15, 0.2) is 40.9 Å². The van der Waals surface area contributed by atoms with Crippen molar-refractivity contribution in [3.63, 3.8) is 0 Å². The summed E-state index contributed by atoms with van der Waals surface area (Å²) >= 11 is 27.8. The Morgan fingerprint density at radius 3 is 2.17 bits per heavy atom. The normalized spacial score (nSPS) is 12.5. The highest BCUT2D eigenvalue weighted by Crippen LogP contribution is 2.37. The number of hydrogen-bond donors (Lipinski definition) is 0. The maximum atomic E-state index is 6.43.